The van der Waals surface area contributed by atoms with Crippen LogP contribution in [0.1, 0.15) is 30.7 Å². The van der Waals surface area contributed by atoms with Crippen molar-refractivity contribution in [2.75, 3.05) is 20.1 Å². The minimum absolute atomic E-state index is 0.150. The summed E-state index contributed by atoms with van der Waals surface area (Å²) in [6.45, 7) is 11.0. The zero-order valence-corrected chi connectivity index (χ0v) is 13.3. The van der Waals surface area contributed by atoms with E-state index in [1.165, 1.54) is 4.88 Å². The highest BCUT2D eigenvalue weighted by Crippen LogP contribution is 2.10. The standard InChI is InChI=1S/C13H25N5S/c1-10-8-16-11(19-10)9-17-12(14-5)15-6-7-18-13(2,3)4/h8,18H,6-7,9H2,1-5H3,(H2,14,15,17). The van der Waals surface area contributed by atoms with Crippen LogP contribution in [0.4, 0.5) is 0 Å². The molecule has 0 unspecified atom stereocenters. The van der Waals surface area contributed by atoms with Crippen LogP contribution in [0.5, 0.6) is 0 Å². The van der Waals surface area contributed by atoms with Gasteiger partial charge in [-0.05, 0) is 27.7 Å². The highest BCUT2D eigenvalue weighted by molar-refractivity contribution is 7.11. The van der Waals surface area contributed by atoms with Gasteiger partial charge in [0, 0.05) is 36.8 Å². The van der Waals surface area contributed by atoms with Crippen LogP contribution in [0, 0.1) is 6.92 Å². The molecule has 19 heavy (non-hydrogen) atoms. The number of thiazole rings is 1. The molecule has 0 saturated heterocycles. The molecule has 1 aromatic rings. The van der Waals surface area contributed by atoms with Crippen LogP contribution >= 0.6 is 11.3 Å². The summed E-state index contributed by atoms with van der Waals surface area (Å²) < 4.78 is 0. The predicted octanol–water partition coefficient (Wildman–Crippen LogP) is 1.50. The van der Waals surface area contributed by atoms with Gasteiger partial charge in [-0.15, -0.1) is 11.3 Å². The average Bonchev–Trinajstić information content (AvgIpc) is 2.73. The van der Waals surface area contributed by atoms with E-state index in [4.69, 9.17) is 0 Å². The lowest BCUT2D eigenvalue weighted by atomic mass is 10.1. The lowest BCUT2D eigenvalue weighted by molar-refractivity contribution is 0.428. The van der Waals surface area contributed by atoms with E-state index in [0.29, 0.717) is 6.54 Å². The Hall–Kier alpha value is -1.14. The predicted molar refractivity (Wildman–Crippen MR) is 82.8 cm³/mol. The Bertz CT molecular complexity index is 405. The van der Waals surface area contributed by atoms with Crippen molar-refractivity contribution in [1.29, 1.82) is 0 Å². The van der Waals surface area contributed by atoms with Crippen LogP contribution < -0.4 is 16.0 Å². The van der Waals surface area contributed by atoms with Crippen molar-refractivity contribution >= 4 is 17.3 Å². The first kappa shape index (κ1) is 15.9. The molecule has 1 rings (SSSR count). The van der Waals surface area contributed by atoms with Crippen molar-refractivity contribution in [3.05, 3.63) is 16.1 Å². The van der Waals surface area contributed by atoms with Gasteiger partial charge in [0.2, 0.25) is 0 Å². The third kappa shape index (κ3) is 7.12. The summed E-state index contributed by atoms with van der Waals surface area (Å²) in [6.07, 6.45) is 1.89. The van der Waals surface area contributed by atoms with Gasteiger partial charge >= 0.3 is 0 Å². The van der Waals surface area contributed by atoms with Crippen LogP contribution in [-0.4, -0.2) is 36.6 Å². The molecule has 5 nitrogen and oxygen atoms in total. The number of aryl methyl sites for hydroxylation is 1. The quantitative estimate of drug-likeness (QED) is 0.435. The maximum atomic E-state index is 4.31. The number of nitrogens with zero attached hydrogens (tertiary/aromatic N) is 2. The first-order valence-corrected chi connectivity index (χ1v) is 7.33. The number of hydrogen-bond donors (Lipinski definition) is 3. The van der Waals surface area contributed by atoms with Gasteiger partial charge in [-0.1, -0.05) is 0 Å². The van der Waals surface area contributed by atoms with Gasteiger partial charge in [-0.25, -0.2) is 4.98 Å². The van der Waals surface area contributed by atoms with E-state index in [1.807, 2.05) is 6.20 Å². The van der Waals surface area contributed by atoms with E-state index in [1.54, 1.807) is 18.4 Å². The smallest absolute Gasteiger partial charge is 0.191 e. The molecule has 6 heteroatoms. The molecule has 0 aliphatic rings. The van der Waals surface area contributed by atoms with Crippen LogP contribution in [0.3, 0.4) is 0 Å². The number of aliphatic imine (C=N–C) groups is 1. The molecule has 1 heterocycles. The summed E-state index contributed by atoms with van der Waals surface area (Å²) in [4.78, 5) is 9.73. The number of rotatable bonds is 5. The van der Waals surface area contributed by atoms with Gasteiger partial charge in [0.1, 0.15) is 5.01 Å². The Labute approximate surface area is 119 Å². The van der Waals surface area contributed by atoms with Gasteiger partial charge in [0.05, 0.1) is 6.54 Å². The topological polar surface area (TPSA) is 61.3 Å². The van der Waals surface area contributed by atoms with Gasteiger partial charge in [0.25, 0.3) is 0 Å². The zero-order chi connectivity index (χ0) is 14.3. The van der Waals surface area contributed by atoms with Gasteiger partial charge in [-0.2, -0.15) is 0 Å². The molecule has 0 fully saturated rings. The molecule has 0 amide bonds. The van der Waals surface area contributed by atoms with Crippen molar-refractivity contribution in [1.82, 2.24) is 20.9 Å². The fourth-order valence-electron chi connectivity index (χ4n) is 1.48. The summed E-state index contributed by atoms with van der Waals surface area (Å²) >= 11 is 1.70. The fraction of sp³-hybridized carbons (Fsp3) is 0.692. The van der Waals surface area contributed by atoms with E-state index in [0.717, 1.165) is 24.1 Å². The molecule has 0 aromatic carbocycles. The molecule has 0 atom stereocenters. The third-order valence-electron chi connectivity index (χ3n) is 2.37. The largest absolute Gasteiger partial charge is 0.355 e. The molecule has 0 bridgehead atoms. The van der Waals surface area contributed by atoms with Crippen molar-refractivity contribution in [3.8, 4) is 0 Å². The van der Waals surface area contributed by atoms with Gasteiger partial charge in [0.15, 0.2) is 5.96 Å². The number of hydrogen-bond acceptors (Lipinski definition) is 4. The van der Waals surface area contributed by atoms with E-state index in [-0.39, 0.29) is 5.54 Å². The van der Waals surface area contributed by atoms with Crippen molar-refractivity contribution in [2.24, 2.45) is 4.99 Å². The van der Waals surface area contributed by atoms with Gasteiger partial charge < -0.3 is 16.0 Å². The van der Waals surface area contributed by atoms with Crippen LogP contribution in [0.2, 0.25) is 0 Å². The highest BCUT2D eigenvalue weighted by Gasteiger charge is 2.07. The van der Waals surface area contributed by atoms with E-state index in [9.17, 15) is 0 Å². The minimum Gasteiger partial charge on any atom is -0.355 e. The maximum absolute atomic E-state index is 4.31. The molecule has 0 spiro atoms. The normalized spacial score (nSPS) is 12.6. The van der Waals surface area contributed by atoms with Crippen molar-refractivity contribution in [2.45, 2.75) is 39.8 Å². The van der Waals surface area contributed by atoms with Crippen LogP contribution in [0.15, 0.2) is 11.2 Å². The molecule has 0 saturated carbocycles. The molecular weight excluding hydrogens is 258 g/mol. The number of guanidine groups is 1. The van der Waals surface area contributed by atoms with Gasteiger partial charge in [-0.3, -0.25) is 4.99 Å². The summed E-state index contributed by atoms with van der Waals surface area (Å²) in [5.41, 5.74) is 0.150. The Morgan fingerprint density at radius 1 is 1.32 bits per heavy atom. The average molecular weight is 283 g/mol. The molecule has 1 aromatic heterocycles. The first-order chi connectivity index (χ1) is 8.90. The van der Waals surface area contributed by atoms with Crippen LogP contribution in [-0.2, 0) is 6.54 Å². The summed E-state index contributed by atoms with van der Waals surface area (Å²) in [5.74, 6) is 0.809. The second-order valence-electron chi connectivity index (χ2n) is 5.39. The molecule has 0 aliphatic carbocycles. The molecule has 0 radical (unpaired) electrons. The Kier molecular flexibility index (Phi) is 6.24. The third-order valence-corrected chi connectivity index (χ3v) is 3.29. The lowest BCUT2D eigenvalue weighted by Crippen LogP contribution is -2.44. The number of aromatic nitrogens is 1. The minimum atomic E-state index is 0.150. The molecule has 3 N–H and O–H groups in total. The van der Waals surface area contributed by atoms with Crippen LogP contribution in [0.25, 0.3) is 0 Å². The highest BCUT2D eigenvalue weighted by atomic mass is 32.1. The molecular formula is C13H25N5S. The van der Waals surface area contributed by atoms with Crippen molar-refractivity contribution < 1.29 is 0 Å². The SMILES string of the molecule is CN=C(NCCNC(C)(C)C)NCc1ncc(C)s1. The zero-order valence-electron chi connectivity index (χ0n) is 12.5. The summed E-state index contributed by atoms with van der Waals surface area (Å²) in [7, 11) is 1.78. The monoisotopic (exact) mass is 283 g/mol. The first-order valence-electron chi connectivity index (χ1n) is 6.51. The van der Waals surface area contributed by atoms with Crippen molar-refractivity contribution in [3.63, 3.8) is 0 Å². The summed E-state index contributed by atoms with van der Waals surface area (Å²) in [6, 6.07) is 0. The second kappa shape index (κ2) is 7.45. The Morgan fingerprint density at radius 3 is 2.58 bits per heavy atom. The van der Waals surface area contributed by atoms with E-state index < -0.39 is 0 Å². The Balaban J connectivity index is 2.23. The summed E-state index contributed by atoms with van der Waals surface area (Å²) in [5, 5.41) is 11.0. The number of nitrogens with one attached hydrogen (secondary N) is 3. The molecule has 108 valence electrons. The molecule has 0 aliphatic heterocycles. The lowest BCUT2D eigenvalue weighted by Gasteiger charge is -2.21. The Morgan fingerprint density at radius 2 is 2.05 bits per heavy atom. The maximum Gasteiger partial charge on any atom is 0.191 e. The fourth-order valence-corrected chi connectivity index (χ4v) is 2.21. The second-order valence-corrected chi connectivity index (χ2v) is 6.71. The van der Waals surface area contributed by atoms with E-state index >= 15 is 0 Å². The van der Waals surface area contributed by atoms with E-state index in [2.05, 4.69) is 53.6 Å².